The minimum Gasteiger partial charge on any atom is -0.376 e. The second-order valence-electron chi connectivity index (χ2n) is 4.43. The third kappa shape index (κ3) is 4.14. The first kappa shape index (κ1) is 13.1. The fourth-order valence-electron chi connectivity index (χ4n) is 1.81. The molecule has 0 aliphatic carbocycles. The molecular formula is C16H18N2O. The van der Waals surface area contributed by atoms with E-state index in [1.165, 1.54) is 0 Å². The molecule has 0 radical (unpaired) electrons. The van der Waals surface area contributed by atoms with Crippen LogP contribution in [0.4, 0.5) is 5.69 Å². The van der Waals surface area contributed by atoms with Crippen LogP contribution in [0.5, 0.6) is 0 Å². The number of carbonyl (C=O) groups is 1. The van der Waals surface area contributed by atoms with E-state index in [9.17, 15) is 4.79 Å². The van der Waals surface area contributed by atoms with Crippen LogP contribution in [-0.4, -0.2) is 12.5 Å². The first-order valence-electron chi connectivity index (χ1n) is 6.36. The maximum absolute atomic E-state index is 11.7. The lowest BCUT2D eigenvalue weighted by atomic mass is 10.2. The molecule has 19 heavy (non-hydrogen) atoms. The van der Waals surface area contributed by atoms with Crippen LogP contribution in [0.2, 0.25) is 0 Å². The molecule has 0 aromatic heterocycles. The molecule has 2 rings (SSSR count). The van der Waals surface area contributed by atoms with Crippen LogP contribution >= 0.6 is 0 Å². The standard InChI is InChI=1S/C16H18N2O/c1-13-7-5-6-10-15(13)17-12-16(19)18-11-14-8-3-2-4-9-14/h2-10,17H,11-12H2,1H3,(H,18,19). The van der Waals surface area contributed by atoms with Crippen LogP contribution in [0.25, 0.3) is 0 Å². The largest absolute Gasteiger partial charge is 0.376 e. The quantitative estimate of drug-likeness (QED) is 0.861. The summed E-state index contributed by atoms with van der Waals surface area (Å²) in [7, 11) is 0. The molecule has 0 aliphatic heterocycles. The van der Waals surface area contributed by atoms with Crippen molar-refractivity contribution in [2.75, 3.05) is 11.9 Å². The monoisotopic (exact) mass is 254 g/mol. The summed E-state index contributed by atoms with van der Waals surface area (Å²) < 4.78 is 0. The SMILES string of the molecule is Cc1ccccc1NCC(=O)NCc1ccccc1. The van der Waals surface area contributed by atoms with E-state index < -0.39 is 0 Å². The van der Waals surface area contributed by atoms with Crippen molar-refractivity contribution in [1.82, 2.24) is 5.32 Å². The van der Waals surface area contributed by atoms with Gasteiger partial charge in [0.2, 0.25) is 5.91 Å². The van der Waals surface area contributed by atoms with Gasteiger partial charge in [0, 0.05) is 12.2 Å². The molecule has 0 unspecified atom stereocenters. The molecule has 0 atom stereocenters. The Morgan fingerprint density at radius 2 is 1.68 bits per heavy atom. The Morgan fingerprint density at radius 1 is 1.00 bits per heavy atom. The van der Waals surface area contributed by atoms with E-state index in [1.54, 1.807) is 0 Å². The van der Waals surface area contributed by atoms with Gasteiger partial charge in [-0.2, -0.15) is 0 Å². The number of aryl methyl sites for hydroxylation is 1. The number of rotatable bonds is 5. The summed E-state index contributed by atoms with van der Waals surface area (Å²) in [6, 6.07) is 17.8. The number of hydrogen-bond donors (Lipinski definition) is 2. The van der Waals surface area contributed by atoms with Gasteiger partial charge in [-0.3, -0.25) is 4.79 Å². The number of anilines is 1. The Kier molecular flexibility index (Phi) is 4.56. The van der Waals surface area contributed by atoms with Gasteiger partial charge in [-0.05, 0) is 24.1 Å². The van der Waals surface area contributed by atoms with Crippen LogP contribution < -0.4 is 10.6 Å². The summed E-state index contributed by atoms with van der Waals surface area (Å²) in [4.78, 5) is 11.7. The number of nitrogens with one attached hydrogen (secondary N) is 2. The number of hydrogen-bond acceptors (Lipinski definition) is 2. The van der Waals surface area contributed by atoms with E-state index in [0.29, 0.717) is 6.54 Å². The second kappa shape index (κ2) is 6.59. The highest BCUT2D eigenvalue weighted by molar-refractivity contribution is 5.80. The van der Waals surface area contributed by atoms with Gasteiger partial charge >= 0.3 is 0 Å². The lowest BCUT2D eigenvalue weighted by Gasteiger charge is -2.09. The van der Waals surface area contributed by atoms with Crippen molar-refractivity contribution in [2.24, 2.45) is 0 Å². The second-order valence-corrected chi connectivity index (χ2v) is 4.43. The zero-order valence-electron chi connectivity index (χ0n) is 11.0. The average molecular weight is 254 g/mol. The predicted molar refractivity (Wildman–Crippen MR) is 78.0 cm³/mol. The minimum atomic E-state index is -0.00731. The summed E-state index contributed by atoms with van der Waals surface area (Å²) in [5.41, 5.74) is 3.24. The van der Waals surface area contributed by atoms with Gasteiger partial charge in [0.15, 0.2) is 0 Å². The maximum Gasteiger partial charge on any atom is 0.239 e. The first-order valence-corrected chi connectivity index (χ1v) is 6.36. The van der Waals surface area contributed by atoms with Crippen LogP contribution in [0, 0.1) is 6.92 Å². The Hall–Kier alpha value is -2.29. The summed E-state index contributed by atoms with van der Waals surface area (Å²) >= 11 is 0. The zero-order chi connectivity index (χ0) is 13.5. The van der Waals surface area contributed by atoms with Crippen molar-refractivity contribution in [2.45, 2.75) is 13.5 Å². The van der Waals surface area contributed by atoms with Gasteiger partial charge in [0.05, 0.1) is 6.54 Å². The third-order valence-corrected chi connectivity index (χ3v) is 2.92. The molecule has 0 heterocycles. The van der Waals surface area contributed by atoms with Gasteiger partial charge in [-0.1, -0.05) is 48.5 Å². The van der Waals surface area contributed by atoms with Crippen LogP contribution in [0.1, 0.15) is 11.1 Å². The molecule has 0 fully saturated rings. The number of carbonyl (C=O) groups excluding carboxylic acids is 1. The topological polar surface area (TPSA) is 41.1 Å². The number of amides is 1. The smallest absolute Gasteiger partial charge is 0.239 e. The molecule has 98 valence electrons. The fraction of sp³-hybridized carbons (Fsp3) is 0.188. The van der Waals surface area contributed by atoms with Gasteiger partial charge in [0.25, 0.3) is 0 Å². The molecule has 2 N–H and O–H groups in total. The average Bonchev–Trinajstić information content (AvgIpc) is 2.45. The number of para-hydroxylation sites is 1. The predicted octanol–water partition coefficient (Wildman–Crippen LogP) is 2.72. The highest BCUT2D eigenvalue weighted by Crippen LogP contribution is 2.12. The molecular weight excluding hydrogens is 236 g/mol. The minimum absolute atomic E-state index is 0.00731. The van der Waals surface area contributed by atoms with Gasteiger partial charge in [0.1, 0.15) is 0 Å². The van der Waals surface area contributed by atoms with Crippen molar-refractivity contribution in [1.29, 1.82) is 0 Å². The number of benzene rings is 2. The third-order valence-electron chi connectivity index (χ3n) is 2.92. The summed E-state index contributed by atoms with van der Waals surface area (Å²) in [5.74, 6) is -0.00731. The maximum atomic E-state index is 11.7. The molecule has 3 nitrogen and oxygen atoms in total. The highest BCUT2D eigenvalue weighted by atomic mass is 16.1. The molecule has 3 heteroatoms. The van der Waals surface area contributed by atoms with Crippen molar-refractivity contribution >= 4 is 11.6 Å². The fourth-order valence-corrected chi connectivity index (χ4v) is 1.81. The van der Waals surface area contributed by atoms with E-state index in [2.05, 4.69) is 10.6 Å². The molecule has 2 aromatic carbocycles. The lowest BCUT2D eigenvalue weighted by Crippen LogP contribution is -2.29. The molecule has 0 spiro atoms. The van der Waals surface area contributed by atoms with Crippen molar-refractivity contribution < 1.29 is 4.79 Å². The van der Waals surface area contributed by atoms with E-state index in [0.717, 1.165) is 16.8 Å². The van der Waals surface area contributed by atoms with Gasteiger partial charge in [-0.25, -0.2) is 0 Å². The molecule has 0 bridgehead atoms. The molecule has 0 saturated carbocycles. The highest BCUT2D eigenvalue weighted by Gasteiger charge is 2.02. The van der Waals surface area contributed by atoms with Gasteiger partial charge in [-0.15, -0.1) is 0 Å². The summed E-state index contributed by atoms with van der Waals surface area (Å²) in [5, 5.41) is 6.02. The summed E-state index contributed by atoms with van der Waals surface area (Å²) in [6.07, 6.45) is 0. The van der Waals surface area contributed by atoms with Crippen molar-refractivity contribution in [3.05, 3.63) is 65.7 Å². The Balaban J connectivity index is 1.78. The van der Waals surface area contributed by atoms with E-state index >= 15 is 0 Å². The molecule has 0 aliphatic rings. The van der Waals surface area contributed by atoms with Crippen LogP contribution in [-0.2, 0) is 11.3 Å². The molecule has 1 amide bonds. The Labute approximate surface area is 113 Å². The van der Waals surface area contributed by atoms with Crippen molar-refractivity contribution in [3.8, 4) is 0 Å². The van der Waals surface area contributed by atoms with Crippen LogP contribution in [0.15, 0.2) is 54.6 Å². The van der Waals surface area contributed by atoms with E-state index in [4.69, 9.17) is 0 Å². The zero-order valence-corrected chi connectivity index (χ0v) is 11.0. The molecule has 0 saturated heterocycles. The normalized spacial score (nSPS) is 9.95. The Morgan fingerprint density at radius 3 is 2.42 bits per heavy atom. The first-order chi connectivity index (χ1) is 9.25. The van der Waals surface area contributed by atoms with Gasteiger partial charge < -0.3 is 10.6 Å². The molecule has 2 aromatic rings. The lowest BCUT2D eigenvalue weighted by molar-refractivity contribution is -0.119. The van der Waals surface area contributed by atoms with Crippen LogP contribution in [0.3, 0.4) is 0 Å². The van der Waals surface area contributed by atoms with E-state index in [1.807, 2.05) is 61.5 Å². The Bertz CT molecular complexity index is 537. The summed E-state index contributed by atoms with van der Waals surface area (Å²) in [6.45, 7) is 2.87. The van der Waals surface area contributed by atoms with E-state index in [-0.39, 0.29) is 12.5 Å². The van der Waals surface area contributed by atoms with Crippen molar-refractivity contribution in [3.63, 3.8) is 0 Å².